The van der Waals surface area contributed by atoms with Crippen LogP contribution in [0.1, 0.15) is 73.1 Å². The van der Waals surface area contributed by atoms with Crippen LogP contribution in [0.3, 0.4) is 0 Å². The van der Waals surface area contributed by atoms with Crippen LogP contribution in [0, 0.1) is 22.7 Å². The van der Waals surface area contributed by atoms with Gasteiger partial charge in [-0.2, -0.15) is 5.26 Å². The molecule has 1 heterocycles. The third kappa shape index (κ3) is 5.75. The first-order chi connectivity index (χ1) is 15.2. The Morgan fingerprint density at radius 3 is 2.38 bits per heavy atom. The van der Waals surface area contributed by atoms with Crippen LogP contribution in [-0.2, 0) is 14.2 Å². The largest absolute Gasteiger partial charge is 0.497 e. The Hall–Kier alpha value is -2.26. The predicted molar refractivity (Wildman–Crippen MR) is 128 cm³/mol. The second-order valence-electron chi connectivity index (χ2n) is 9.29. The molecule has 6 nitrogen and oxygen atoms in total. The van der Waals surface area contributed by atoms with Gasteiger partial charge in [0.1, 0.15) is 23.0 Å². The molecule has 0 saturated carbocycles. The Morgan fingerprint density at radius 2 is 1.88 bits per heavy atom. The van der Waals surface area contributed by atoms with Crippen molar-refractivity contribution in [2.24, 2.45) is 5.92 Å². The van der Waals surface area contributed by atoms with E-state index in [0.29, 0.717) is 12.0 Å². The molecule has 2 atom stereocenters. The van der Waals surface area contributed by atoms with Gasteiger partial charge in [0.05, 0.1) is 13.2 Å². The highest BCUT2D eigenvalue weighted by atomic mass is 16.5. The van der Waals surface area contributed by atoms with Gasteiger partial charge in [-0.25, -0.2) is 0 Å². The van der Waals surface area contributed by atoms with Crippen molar-refractivity contribution < 1.29 is 14.2 Å². The summed E-state index contributed by atoms with van der Waals surface area (Å²) in [5.41, 5.74) is 2.96. The van der Waals surface area contributed by atoms with Crippen molar-refractivity contribution in [3.05, 3.63) is 34.3 Å². The third-order valence-electron chi connectivity index (χ3n) is 6.56. The Kier molecular flexibility index (Phi) is 9.39. The lowest BCUT2D eigenvalue weighted by Crippen LogP contribution is -2.33. The predicted octanol–water partition coefficient (Wildman–Crippen LogP) is 5.72. The average Bonchev–Trinajstić information content (AvgIpc) is 2.99. The van der Waals surface area contributed by atoms with Crippen molar-refractivity contribution in [3.8, 4) is 6.07 Å². The van der Waals surface area contributed by atoms with Gasteiger partial charge in [-0.1, -0.05) is 33.6 Å². The van der Waals surface area contributed by atoms with Gasteiger partial charge < -0.3 is 19.1 Å². The number of hydrogen-bond acceptors (Lipinski definition) is 6. The molecule has 0 aromatic rings. The Labute approximate surface area is 194 Å². The minimum Gasteiger partial charge on any atom is -0.497 e. The standard InChI is InChI=1S/C26H41N3O3/c1-8-10-12-29(13-11-9-2)19-15-22(30-6)24(23(16-19)31-7)18(3)14-21-20(17-27)25(28)32-26(21,4)5/h15,18,23,28H,8-14,16H2,1-7H3. The minimum absolute atomic E-state index is 0.0303. The smallest absolute Gasteiger partial charge is 0.225 e. The van der Waals surface area contributed by atoms with Crippen LogP contribution in [0.2, 0.25) is 0 Å². The van der Waals surface area contributed by atoms with Crippen molar-refractivity contribution in [3.63, 3.8) is 0 Å². The normalized spacial score (nSPS) is 21.2. The molecule has 2 unspecified atom stereocenters. The van der Waals surface area contributed by atoms with E-state index in [1.165, 1.54) is 31.4 Å². The Morgan fingerprint density at radius 1 is 1.25 bits per heavy atom. The zero-order chi connectivity index (χ0) is 23.9. The van der Waals surface area contributed by atoms with Gasteiger partial charge in [-0.15, -0.1) is 0 Å². The molecule has 32 heavy (non-hydrogen) atoms. The van der Waals surface area contributed by atoms with Crippen molar-refractivity contribution in [2.75, 3.05) is 27.3 Å². The van der Waals surface area contributed by atoms with E-state index in [1.54, 1.807) is 14.2 Å². The van der Waals surface area contributed by atoms with Gasteiger partial charge in [-0.05, 0) is 50.7 Å². The van der Waals surface area contributed by atoms with E-state index in [2.05, 4.69) is 37.8 Å². The van der Waals surface area contributed by atoms with Gasteiger partial charge in [0, 0.05) is 37.9 Å². The van der Waals surface area contributed by atoms with Crippen LogP contribution in [0.25, 0.3) is 0 Å². The quantitative estimate of drug-likeness (QED) is 0.417. The molecule has 178 valence electrons. The Balaban J connectivity index is 2.40. The molecule has 0 amide bonds. The molecule has 6 heteroatoms. The highest BCUT2D eigenvalue weighted by Gasteiger charge is 2.40. The second kappa shape index (κ2) is 11.6. The monoisotopic (exact) mass is 443 g/mol. The zero-order valence-electron chi connectivity index (χ0n) is 21.0. The first-order valence-corrected chi connectivity index (χ1v) is 11.9. The highest BCUT2D eigenvalue weighted by molar-refractivity contribution is 5.99. The summed E-state index contributed by atoms with van der Waals surface area (Å²) in [6, 6.07) is 2.17. The van der Waals surface area contributed by atoms with Crippen LogP contribution in [-0.4, -0.2) is 49.8 Å². The van der Waals surface area contributed by atoms with Crippen LogP contribution >= 0.6 is 0 Å². The van der Waals surface area contributed by atoms with E-state index in [4.69, 9.17) is 19.6 Å². The number of hydrogen-bond donors (Lipinski definition) is 1. The van der Waals surface area contributed by atoms with Crippen LogP contribution in [0.15, 0.2) is 34.3 Å². The SMILES string of the molecule is CCCCN(CCCC)C1=CC(OC)=C(C(C)CC2=C(C#N)C(=N)OC2(C)C)C(OC)C1. The minimum atomic E-state index is -0.653. The molecule has 1 N–H and O–H groups in total. The lowest BCUT2D eigenvalue weighted by atomic mass is 9.80. The summed E-state index contributed by atoms with van der Waals surface area (Å²) in [5, 5.41) is 17.6. The lowest BCUT2D eigenvalue weighted by molar-refractivity contribution is 0.102. The number of unbranched alkanes of at least 4 members (excludes halogenated alkanes) is 2. The van der Waals surface area contributed by atoms with Gasteiger partial charge in [0.15, 0.2) is 0 Å². The number of ether oxygens (including phenoxy) is 3. The van der Waals surface area contributed by atoms with Crippen LogP contribution < -0.4 is 0 Å². The van der Waals surface area contributed by atoms with E-state index in [-0.39, 0.29) is 17.9 Å². The van der Waals surface area contributed by atoms with Crippen LogP contribution in [0.5, 0.6) is 0 Å². The molecule has 0 bridgehead atoms. The van der Waals surface area contributed by atoms with E-state index < -0.39 is 5.60 Å². The first-order valence-electron chi connectivity index (χ1n) is 11.9. The summed E-state index contributed by atoms with van der Waals surface area (Å²) in [4.78, 5) is 2.49. The second-order valence-corrected chi connectivity index (χ2v) is 9.29. The topological polar surface area (TPSA) is 78.6 Å². The summed E-state index contributed by atoms with van der Waals surface area (Å²) < 4.78 is 17.5. The maximum atomic E-state index is 9.59. The molecule has 2 rings (SSSR count). The van der Waals surface area contributed by atoms with Crippen LogP contribution in [0.4, 0.5) is 0 Å². The number of nitrogens with zero attached hydrogens (tertiary/aromatic N) is 2. The maximum absolute atomic E-state index is 9.59. The zero-order valence-corrected chi connectivity index (χ0v) is 21.0. The Bertz CT molecular complexity index is 809. The number of methoxy groups -OCH3 is 2. The summed E-state index contributed by atoms with van der Waals surface area (Å²) >= 11 is 0. The number of rotatable bonds is 12. The molecular weight excluding hydrogens is 402 g/mol. The molecule has 0 radical (unpaired) electrons. The maximum Gasteiger partial charge on any atom is 0.225 e. The molecule has 2 aliphatic rings. The van der Waals surface area contributed by atoms with E-state index >= 15 is 0 Å². The third-order valence-corrected chi connectivity index (χ3v) is 6.56. The highest BCUT2D eigenvalue weighted by Crippen LogP contribution is 2.41. The number of allylic oxidation sites excluding steroid dienone is 1. The first kappa shape index (κ1) is 26.0. The van der Waals surface area contributed by atoms with E-state index in [1.807, 2.05) is 13.8 Å². The fraction of sp³-hybridized carbons (Fsp3) is 0.692. The van der Waals surface area contributed by atoms with Crippen molar-refractivity contribution in [2.45, 2.75) is 84.8 Å². The fourth-order valence-electron chi connectivity index (χ4n) is 4.70. The lowest BCUT2D eigenvalue weighted by Gasteiger charge is -2.36. The van der Waals surface area contributed by atoms with Gasteiger partial charge in [-0.3, -0.25) is 5.41 Å². The van der Waals surface area contributed by atoms with E-state index in [0.717, 1.165) is 36.4 Å². The van der Waals surface area contributed by atoms with Crippen molar-refractivity contribution in [1.29, 1.82) is 10.7 Å². The summed E-state index contributed by atoms with van der Waals surface area (Å²) in [6.07, 6.45) is 8.21. The molecule has 1 aliphatic heterocycles. The molecule has 1 aliphatic carbocycles. The summed E-state index contributed by atoms with van der Waals surface area (Å²) in [5.74, 6) is 0.909. The van der Waals surface area contributed by atoms with E-state index in [9.17, 15) is 5.26 Å². The summed E-state index contributed by atoms with van der Waals surface area (Å²) in [7, 11) is 3.48. The summed E-state index contributed by atoms with van der Waals surface area (Å²) in [6.45, 7) is 12.5. The molecule has 0 aromatic carbocycles. The molecule has 0 aromatic heterocycles. The number of nitrogens with one attached hydrogen (secondary N) is 1. The van der Waals surface area contributed by atoms with Gasteiger partial charge in [0.25, 0.3) is 0 Å². The van der Waals surface area contributed by atoms with Gasteiger partial charge >= 0.3 is 0 Å². The molecule has 0 saturated heterocycles. The molecular formula is C26H41N3O3. The fourth-order valence-corrected chi connectivity index (χ4v) is 4.70. The van der Waals surface area contributed by atoms with Crippen molar-refractivity contribution in [1.82, 2.24) is 4.90 Å². The molecule has 0 fully saturated rings. The molecule has 0 spiro atoms. The number of nitriles is 1. The van der Waals surface area contributed by atoms with Crippen molar-refractivity contribution >= 4 is 5.90 Å². The average molecular weight is 444 g/mol. The van der Waals surface area contributed by atoms with Gasteiger partial charge in [0.2, 0.25) is 5.90 Å².